The van der Waals surface area contributed by atoms with Crippen molar-refractivity contribution < 1.29 is 9.72 Å². The van der Waals surface area contributed by atoms with E-state index in [1.807, 2.05) is 37.3 Å². The van der Waals surface area contributed by atoms with E-state index in [1.165, 1.54) is 29.5 Å². The normalized spacial score (nSPS) is 10.5. The molecule has 1 heterocycles. The van der Waals surface area contributed by atoms with Crippen LogP contribution in [0.5, 0.6) is 0 Å². The Morgan fingerprint density at radius 3 is 2.52 bits per heavy atom. The fraction of sp³-hybridized carbons (Fsp3) is 0.111. The summed E-state index contributed by atoms with van der Waals surface area (Å²) in [6.07, 6.45) is 0. The topological polar surface area (TPSA) is 85.1 Å². The number of amides is 1. The van der Waals surface area contributed by atoms with Crippen LogP contribution in [-0.2, 0) is 0 Å². The number of nitrogens with zero attached hydrogens (tertiary/aromatic N) is 2. The van der Waals surface area contributed by atoms with Crippen LogP contribution in [0.2, 0.25) is 0 Å². The van der Waals surface area contributed by atoms with Gasteiger partial charge in [0.05, 0.1) is 14.8 Å². The van der Waals surface area contributed by atoms with Crippen molar-refractivity contribution in [1.82, 2.24) is 4.98 Å². The molecule has 1 amide bonds. The van der Waals surface area contributed by atoms with E-state index in [2.05, 4.69) is 10.3 Å². The molecule has 0 unspecified atom stereocenters. The van der Waals surface area contributed by atoms with Crippen LogP contribution in [-0.4, -0.2) is 15.8 Å². The molecule has 1 N–H and O–H groups in total. The minimum absolute atomic E-state index is 0.00928. The van der Waals surface area contributed by atoms with Crippen LogP contribution < -0.4 is 5.32 Å². The number of aromatic nitrogens is 1. The van der Waals surface area contributed by atoms with Crippen molar-refractivity contribution in [3.05, 3.63) is 74.9 Å². The summed E-state index contributed by atoms with van der Waals surface area (Å²) in [4.78, 5) is 28.2. The van der Waals surface area contributed by atoms with Crippen LogP contribution in [0, 0.1) is 24.0 Å². The average molecular weight is 353 g/mol. The number of thiazole rings is 1. The summed E-state index contributed by atoms with van der Waals surface area (Å²) in [6.45, 7) is 3.57. The molecule has 1 aromatic heterocycles. The highest BCUT2D eigenvalue weighted by Crippen LogP contribution is 2.31. The third kappa shape index (κ3) is 3.56. The molecule has 0 aliphatic rings. The zero-order valence-corrected chi connectivity index (χ0v) is 14.5. The summed E-state index contributed by atoms with van der Waals surface area (Å²) in [5.74, 6) is -0.333. The summed E-state index contributed by atoms with van der Waals surface area (Å²) >= 11 is 1.46. The van der Waals surface area contributed by atoms with Crippen LogP contribution in [0.1, 0.15) is 21.1 Å². The van der Waals surface area contributed by atoms with Crippen molar-refractivity contribution >= 4 is 28.6 Å². The maximum atomic E-state index is 12.7. The van der Waals surface area contributed by atoms with Gasteiger partial charge in [0.25, 0.3) is 11.6 Å². The van der Waals surface area contributed by atoms with Crippen LogP contribution in [0.3, 0.4) is 0 Å². The zero-order chi connectivity index (χ0) is 18.0. The molecule has 0 saturated heterocycles. The van der Waals surface area contributed by atoms with Gasteiger partial charge in [-0.05, 0) is 31.0 Å². The second kappa shape index (κ2) is 6.82. The third-order valence-corrected chi connectivity index (χ3v) is 4.67. The molecule has 7 heteroatoms. The molecule has 25 heavy (non-hydrogen) atoms. The SMILES string of the molecule is Cc1nc(C(=O)Nc2ccc([N+](=O)[O-])cc2C)c(-c2ccccc2)s1. The van der Waals surface area contributed by atoms with Gasteiger partial charge in [-0.15, -0.1) is 11.3 Å². The number of rotatable bonds is 4. The van der Waals surface area contributed by atoms with Gasteiger partial charge in [0.1, 0.15) is 5.69 Å². The van der Waals surface area contributed by atoms with Crippen molar-refractivity contribution in [1.29, 1.82) is 0 Å². The van der Waals surface area contributed by atoms with E-state index in [-0.39, 0.29) is 11.6 Å². The third-order valence-electron chi connectivity index (χ3n) is 3.65. The Balaban J connectivity index is 1.91. The maximum Gasteiger partial charge on any atom is 0.275 e. The molecule has 0 spiro atoms. The van der Waals surface area contributed by atoms with E-state index in [0.29, 0.717) is 16.9 Å². The first-order valence-electron chi connectivity index (χ1n) is 7.55. The van der Waals surface area contributed by atoms with Gasteiger partial charge in [0.2, 0.25) is 0 Å². The van der Waals surface area contributed by atoms with E-state index >= 15 is 0 Å². The second-order valence-corrected chi connectivity index (χ2v) is 6.69. The predicted molar refractivity (Wildman–Crippen MR) is 98.1 cm³/mol. The number of carbonyl (C=O) groups is 1. The molecule has 0 saturated carbocycles. The molecule has 0 aliphatic carbocycles. The molecule has 0 radical (unpaired) electrons. The summed E-state index contributed by atoms with van der Waals surface area (Å²) in [7, 11) is 0. The first-order valence-corrected chi connectivity index (χ1v) is 8.36. The number of benzene rings is 2. The Bertz CT molecular complexity index is 951. The first kappa shape index (κ1) is 16.8. The number of nitrogens with one attached hydrogen (secondary N) is 1. The fourth-order valence-corrected chi connectivity index (χ4v) is 3.37. The molecule has 3 aromatic rings. The average Bonchev–Trinajstić information content (AvgIpc) is 2.99. The Morgan fingerprint density at radius 1 is 1.16 bits per heavy atom. The largest absolute Gasteiger partial charge is 0.320 e. The van der Waals surface area contributed by atoms with Crippen molar-refractivity contribution in [3.63, 3.8) is 0 Å². The van der Waals surface area contributed by atoms with Crippen LogP contribution >= 0.6 is 11.3 Å². The highest BCUT2D eigenvalue weighted by Gasteiger charge is 2.19. The van der Waals surface area contributed by atoms with Gasteiger partial charge < -0.3 is 5.32 Å². The minimum atomic E-state index is -0.462. The summed E-state index contributed by atoms with van der Waals surface area (Å²) in [6, 6.07) is 13.9. The van der Waals surface area contributed by atoms with Gasteiger partial charge in [-0.25, -0.2) is 4.98 Å². The van der Waals surface area contributed by atoms with E-state index < -0.39 is 4.92 Å². The van der Waals surface area contributed by atoms with Crippen molar-refractivity contribution in [3.8, 4) is 10.4 Å². The highest BCUT2D eigenvalue weighted by atomic mass is 32.1. The molecule has 0 aliphatic heterocycles. The Kier molecular flexibility index (Phi) is 4.58. The number of nitro groups is 1. The number of anilines is 1. The molecule has 0 atom stereocenters. The van der Waals surface area contributed by atoms with Gasteiger partial charge in [0.15, 0.2) is 0 Å². The van der Waals surface area contributed by atoms with Gasteiger partial charge in [-0.3, -0.25) is 14.9 Å². The van der Waals surface area contributed by atoms with Gasteiger partial charge in [-0.2, -0.15) is 0 Å². The monoisotopic (exact) mass is 353 g/mol. The van der Waals surface area contributed by atoms with Crippen LogP contribution in [0.4, 0.5) is 11.4 Å². The van der Waals surface area contributed by atoms with E-state index in [1.54, 1.807) is 6.92 Å². The van der Waals surface area contributed by atoms with Crippen molar-refractivity contribution in [2.45, 2.75) is 13.8 Å². The van der Waals surface area contributed by atoms with E-state index in [0.717, 1.165) is 15.4 Å². The predicted octanol–water partition coefficient (Wildman–Crippen LogP) is 4.59. The van der Waals surface area contributed by atoms with Crippen molar-refractivity contribution in [2.75, 3.05) is 5.32 Å². The van der Waals surface area contributed by atoms with Gasteiger partial charge in [0, 0.05) is 17.8 Å². The van der Waals surface area contributed by atoms with Gasteiger partial charge >= 0.3 is 0 Å². The molecule has 0 bridgehead atoms. The zero-order valence-electron chi connectivity index (χ0n) is 13.6. The molecular weight excluding hydrogens is 338 g/mol. The number of nitro benzene ring substituents is 1. The lowest BCUT2D eigenvalue weighted by Gasteiger charge is -2.08. The Labute approximate surface area is 148 Å². The number of hydrogen-bond donors (Lipinski definition) is 1. The Morgan fingerprint density at radius 2 is 1.88 bits per heavy atom. The lowest BCUT2D eigenvalue weighted by Crippen LogP contribution is -2.14. The maximum absolute atomic E-state index is 12.7. The first-order chi connectivity index (χ1) is 12.0. The van der Waals surface area contributed by atoms with Crippen molar-refractivity contribution in [2.24, 2.45) is 0 Å². The second-order valence-electron chi connectivity index (χ2n) is 5.49. The highest BCUT2D eigenvalue weighted by molar-refractivity contribution is 7.15. The summed E-state index contributed by atoms with van der Waals surface area (Å²) in [5.41, 5.74) is 2.42. The van der Waals surface area contributed by atoms with Gasteiger partial charge in [-0.1, -0.05) is 30.3 Å². The fourth-order valence-electron chi connectivity index (χ4n) is 2.45. The van der Waals surface area contributed by atoms with Crippen LogP contribution in [0.25, 0.3) is 10.4 Å². The Hall–Kier alpha value is -3.06. The lowest BCUT2D eigenvalue weighted by molar-refractivity contribution is -0.384. The molecule has 2 aromatic carbocycles. The number of non-ortho nitro benzene ring substituents is 1. The molecule has 0 fully saturated rings. The van der Waals surface area contributed by atoms with E-state index in [9.17, 15) is 14.9 Å². The van der Waals surface area contributed by atoms with Crippen LogP contribution in [0.15, 0.2) is 48.5 Å². The quantitative estimate of drug-likeness (QED) is 0.549. The minimum Gasteiger partial charge on any atom is -0.320 e. The number of hydrogen-bond acceptors (Lipinski definition) is 5. The standard InChI is InChI=1S/C18H15N3O3S/c1-11-10-14(21(23)24)8-9-15(11)20-18(22)16-17(25-12(2)19-16)13-6-4-3-5-7-13/h3-10H,1-2H3,(H,20,22). The lowest BCUT2D eigenvalue weighted by atomic mass is 10.1. The molecular formula is C18H15N3O3S. The summed E-state index contributed by atoms with van der Waals surface area (Å²) in [5, 5.41) is 14.4. The number of carbonyl (C=O) groups excluding carboxylic acids is 1. The summed E-state index contributed by atoms with van der Waals surface area (Å²) < 4.78 is 0. The smallest absolute Gasteiger partial charge is 0.275 e. The molecule has 126 valence electrons. The molecule has 6 nitrogen and oxygen atoms in total. The molecule has 3 rings (SSSR count). The number of aryl methyl sites for hydroxylation is 2. The van der Waals surface area contributed by atoms with E-state index in [4.69, 9.17) is 0 Å².